The van der Waals surface area contributed by atoms with Crippen molar-refractivity contribution in [3.63, 3.8) is 0 Å². The van der Waals surface area contributed by atoms with E-state index in [9.17, 15) is 10.1 Å². The third-order valence-corrected chi connectivity index (χ3v) is 4.09. The number of rotatable bonds is 8. The van der Waals surface area contributed by atoms with E-state index in [1.807, 2.05) is 20.8 Å². The van der Waals surface area contributed by atoms with Crippen molar-refractivity contribution in [2.24, 2.45) is 0 Å². The van der Waals surface area contributed by atoms with Crippen LogP contribution in [-0.2, 0) is 6.42 Å². The van der Waals surface area contributed by atoms with Gasteiger partial charge in [0.05, 0.1) is 6.07 Å². The maximum absolute atomic E-state index is 11.6. The van der Waals surface area contributed by atoms with Gasteiger partial charge >= 0.3 is 0 Å². The zero-order valence-electron chi connectivity index (χ0n) is 13.2. The summed E-state index contributed by atoms with van der Waals surface area (Å²) in [6.07, 6.45) is 2.45. The monoisotopic (exact) mass is 308 g/mol. The molecule has 5 nitrogen and oxygen atoms in total. The molecule has 0 aliphatic rings. The van der Waals surface area contributed by atoms with Gasteiger partial charge in [0, 0.05) is 17.0 Å². The number of hydrogen-bond donors (Lipinski definition) is 2. The van der Waals surface area contributed by atoms with E-state index in [0.717, 1.165) is 25.1 Å². The minimum atomic E-state index is -0.553. The van der Waals surface area contributed by atoms with E-state index in [4.69, 9.17) is 0 Å². The Morgan fingerprint density at radius 2 is 2.29 bits per heavy atom. The molecule has 1 aromatic heterocycles. The van der Waals surface area contributed by atoms with Gasteiger partial charge in [-0.05, 0) is 26.3 Å². The molecule has 2 N–H and O–H groups in total. The van der Waals surface area contributed by atoms with Crippen LogP contribution in [0.25, 0.3) is 0 Å². The van der Waals surface area contributed by atoms with Gasteiger partial charge in [0.25, 0.3) is 5.56 Å². The molecule has 116 valence electrons. The molecule has 0 fully saturated rings. The van der Waals surface area contributed by atoms with E-state index in [-0.39, 0.29) is 10.8 Å². The number of hydrogen-bond acceptors (Lipinski definition) is 5. The van der Waals surface area contributed by atoms with Crippen molar-refractivity contribution in [3.05, 3.63) is 22.1 Å². The van der Waals surface area contributed by atoms with Crippen molar-refractivity contribution in [1.29, 1.82) is 5.26 Å². The highest BCUT2D eigenvalue weighted by Gasteiger charge is 2.26. The maximum Gasteiger partial charge on any atom is 0.251 e. The average molecular weight is 308 g/mol. The Morgan fingerprint density at radius 1 is 1.57 bits per heavy atom. The second kappa shape index (κ2) is 8.20. The standard InChI is InChI=1S/C15H24N4OS/c1-5-7-12-8-13(20)19-14(18-12)21-11(3)9-15(4,10-16)17-6-2/h8,11,17H,5-7,9H2,1-4H3,(H,18,19,20). The normalized spacial score (nSPS) is 15.2. The van der Waals surface area contributed by atoms with Gasteiger partial charge < -0.3 is 4.98 Å². The first-order valence-electron chi connectivity index (χ1n) is 7.35. The highest BCUT2D eigenvalue weighted by molar-refractivity contribution is 7.99. The number of aromatic nitrogens is 2. The lowest BCUT2D eigenvalue weighted by Gasteiger charge is -2.25. The first-order chi connectivity index (χ1) is 9.92. The fraction of sp³-hybridized carbons (Fsp3) is 0.667. The molecule has 6 heteroatoms. The average Bonchev–Trinajstić information content (AvgIpc) is 2.38. The lowest BCUT2D eigenvalue weighted by Crippen LogP contribution is -2.42. The van der Waals surface area contributed by atoms with E-state index in [2.05, 4.69) is 28.3 Å². The van der Waals surface area contributed by atoms with E-state index in [1.54, 1.807) is 6.07 Å². The molecular formula is C15H24N4OS. The van der Waals surface area contributed by atoms with Crippen LogP contribution in [0.5, 0.6) is 0 Å². The third-order valence-electron chi connectivity index (χ3n) is 3.10. The summed E-state index contributed by atoms with van der Waals surface area (Å²) < 4.78 is 0. The summed E-state index contributed by atoms with van der Waals surface area (Å²) in [5.41, 5.74) is 0.159. The van der Waals surface area contributed by atoms with Gasteiger partial charge in [0.2, 0.25) is 0 Å². The summed E-state index contributed by atoms with van der Waals surface area (Å²) in [5, 5.41) is 13.3. The highest BCUT2D eigenvalue weighted by atomic mass is 32.2. The van der Waals surface area contributed by atoms with Gasteiger partial charge in [0.1, 0.15) is 5.54 Å². The first-order valence-corrected chi connectivity index (χ1v) is 8.23. The van der Waals surface area contributed by atoms with Crippen LogP contribution in [0.15, 0.2) is 16.0 Å². The summed E-state index contributed by atoms with van der Waals surface area (Å²) in [7, 11) is 0. The smallest absolute Gasteiger partial charge is 0.251 e. The molecule has 21 heavy (non-hydrogen) atoms. The molecule has 0 radical (unpaired) electrons. The van der Waals surface area contributed by atoms with Crippen molar-refractivity contribution < 1.29 is 0 Å². The summed E-state index contributed by atoms with van der Waals surface area (Å²) in [4.78, 5) is 18.9. The Morgan fingerprint density at radius 3 is 2.86 bits per heavy atom. The van der Waals surface area contributed by atoms with Crippen molar-refractivity contribution in [3.8, 4) is 6.07 Å². The lowest BCUT2D eigenvalue weighted by molar-refractivity contribution is 0.429. The number of nitrogens with one attached hydrogen (secondary N) is 2. The molecule has 0 aliphatic heterocycles. The van der Waals surface area contributed by atoms with Gasteiger partial charge in [-0.3, -0.25) is 10.1 Å². The summed E-state index contributed by atoms with van der Waals surface area (Å²) in [6, 6.07) is 3.87. The Labute approximate surface area is 130 Å². The molecule has 0 aliphatic carbocycles. The van der Waals surface area contributed by atoms with Crippen LogP contribution in [0.2, 0.25) is 0 Å². The van der Waals surface area contributed by atoms with Crippen LogP contribution in [0.4, 0.5) is 0 Å². The topological polar surface area (TPSA) is 81.6 Å². The molecule has 0 spiro atoms. The summed E-state index contributed by atoms with van der Waals surface area (Å²) in [6.45, 7) is 8.75. The van der Waals surface area contributed by atoms with E-state index in [1.165, 1.54) is 11.8 Å². The zero-order chi connectivity index (χ0) is 15.9. The fourth-order valence-electron chi connectivity index (χ4n) is 2.28. The van der Waals surface area contributed by atoms with E-state index < -0.39 is 5.54 Å². The predicted molar refractivity (Wildman–Crippen MR) is 86.5 cm³/mol. The van der Waals surface area contributed by atoms with Crippen molar-refractivity contribution in [2.45, 2.75) is 62.9 Å². The number of H-pyrrole nitrogens is 1. The Bertz CT molecular complexity index is 551. The number of nitrogens with zero attached hydrogens (tertiary/aromatic N) is 2. The predicted octanol–water partition coefficient (Wildman–Crippen LogP) is 2.48. The molecule has 0 saturated heterocycles. The summed E-state index contributed by atoms with van der Waals surface area (Å²) in [5.74, 6) is 0. The number of aromatic amines is 1. The van der Waals surface area contributed by atoms with Gasteiger partial charge in [-0.25, -0.2) is 4.98 Å². The molecule has 2 atom stereocenters. The van der Waals surface area contributed by atoms with Gasteiger partial charge in [-0.2, -0.15) is 5.26 Å². The van der Waals surface area contributed by atoms with Crippen LogP contribution < -0.4 is 10.9 Å². The molecule has 1 aromatic rings. The highest BCUT2D eigenvalue weighted by Crippen LogP contribution is 2.25. The third kappa shape index (κ3) is 5.90. The Balaban J connectivity index is 2.77. The van der Waals surface area contributed by atoms with E-state index in [0.29, 0.717) is 11.6 Å². The second-order valence-electron chi connectivity index (χ2n) is 5.40. The Hall–Kier alpha value is -1.32. The molecule has 0 amide bonds. The fourth-order valence-corrected chi connectivity index (χ4v) is 3.41. The van der Waals surface area contributed by atoms with Crippen LogP contribution in [0.3, 0.4) is 0 Å². The number of nitriles is 1. The van der Waals surface area contributed by atoms with Crippen LogP contribution in [-0.4, -0.2) is 27.3 Å². The van der Waals surface area contributed by atoms with Crippen molar-refractivity contribution >= 4 is 11.8 Å². The molecule has 2 unspecified atom stereocenters. The lowest BCUT2D eigenvalue weighted by atomic mass is 9.98. The van der Waals surface area contributed by atoms with E-state index >= 15 is 0 Å². The number of aryl methyl sites for hydroxylation is 1. The SMILES string of the molecule is CCCc1cc(=O)[nH]c(SC(C)CC(C)(C#N)NCC)n1. The van der Waals surface area contributed by atoms with Crippen LogP contribution in [0, 0.1) is 11.3 Å². The van der Waals surface area contributed by atoms with Crippen LogP contribution >= 0.6 is 11.8 Å². The largest absolute Gasteiger partial charge is 0.301 e. The second-order valence-corrected chi connectivity index (χ2v) is 6.83. The maximum atomic E-state index is 11.6. The van der Waals surface area contributed by atoms with Crippen molar-refractivity contribution in [1.82, 2.24) is 15.3 Å². The molecule has 0 aromatic carbocycles. The molecule has 1 heterocycles. The first kappa shape index (κ1) is 17.7. The zero-order valence-corrected chi connectivity index (χ0v) is 14.0. The molecule has 0 bridgehead atoms. The van der Waals surface area contributed by atoms with Crippen LogP contribution in [0.1, 0.15) is 46.2 Å². The van der Waals surface area contributed by atoms with Gasteiger partial charge in [-0.1, -0.05) is 39.0 Å². The summed E-state index contributed by atoms with van der Waals surface area (Å²) >= 11 is 1.51. The molecular weight excluding hydrogens is 284 g/mol. The molecule has 1 rings (SSSR count). The minimum Gasteiger partial charge on any atom is -0.301 e. The van der Waals surface area contributed by atoms with Gasteiger partial charge in [-0.15, -0.1) is 0 Å². The molecule has 0 saturated carbocycles. The van der Waals surface area contributed by atoms with Gasteiger partial charge in [0.15, 0.2) is 5.16 Å². The number of thioether (sulfide) groups is 1. The minimum absolute atomic E-state index is 0.113. The van der Waals surface area contributed by atoms with Crippen molar-refractivity contribution in [2.75, 3.05) is 6.54 Å². The Kier molecular flexibility index (Phi) is 6.93. The quantitative estimate of drug-likeness (QED) is 0.569.